The molecule has 2 unspecified atom stereocenters. The number of amides is 1. The number of alkyl carbamates (subject to hydrolysis) is 1. The first-order chi connectivity index (χ1) is 9.85. The summed E-state index contributed by atoms with van der Waals surface area (Å²) in [4.78, 5) is 11.8. The molecule has 0 bridgehead atoms. The molecule has 0 aromatic carbocycles. The summed E-state index contributed by atoms with van der Waals surface area (Å²) in [6.45, 7) is 15.1. The van der Waals surface area contributed by atoms with Crippen LogP contribution in [0.5, 0.6) is 0 Å². The fraction of sp³-hybridized carbons (Fsp3) is 0.944. The minimum Gasteiger partial charge on any atom is -0.444 e. The highest BCUT2D eigenvalue weighted by Gasteiger charge is 2.44. The fourth-order valence-corrected chi connectivity index (χ4v) is 4.26. The third-order valence-electron chi connectivity index (χ3n) is 4.50. The van der Waals surface area contributed by atoms with Crippen LogP contribution in [0, 0.1) is 10.8 Å². The number of hydrogen-bond donors (Lipinski definition) is 2. The highest BCUT2D eigenvalue weighted by Crippen LogP contribution is 2.46. The summed E-state index contributed by atoms with van der Waals surface area (Å²) >= 11 is 0. The molecule has 2 N–H and O–H groups in total. The van der Waals surface area contributed by atoms with Crippen molar-refractivity contribution < 1.29 is 9.53 Å². The Hall–Kier alpha value is -0.770. The molecule has 2 saturated carbocycles. The third-order valence-corrected chi connectivity index (χ3v) is 4.50. The minimum absolute atomic E-state index is 0.225. The Morgan fingerprint density at radius 1 is 1.05 bits per heavy atom. The maximum atomic E-state index is 11.8. The monoisotopic (exact) mass is 310 g/mol. The molecule has 2 fully saturated rings. The lowest BCUT2D eigenvalue weighted by molar-refractivity contribution is 0.0517. The SMILES string of the molecule is CC1(C)CC(NC2CC2NC(=O)OC(C)(C)C)CC(C)(C)C1. The molecule has 0 saturated heterocycles. The van der Waals surface area contributed by atoms with E-state index >= 15 is 0 Å². The summed E-state index contributed by atoms with van der Waals surface area (Å²) in [5.74, 6) is 0. The molecule has 4 heteroatoms. The van der Waals surface area contributed by atoms with Crippen molar-refractivity contribution in [3.05, 3.63) is 0 Å². The highest BCUT2D eigenvalue weighted by molar-refractivity contribution is 5.68. The van der Waals surface area contributed by atoms with Crippen LogP contribution in [-0.2, 0) is 4.74 Å². The molecular formula is C18H34N2O2. The molecule has 0 heterocycles. The van der Waals surface area contributed by atoms with Crippen molar-refractivity contribution in [2.75, 3.05) is 0 Å². The summed E-state index contributed by atoms with van der Waals surface area (Å²) in [5.41, 5.74) is 0.351. The summed E-state index contributed by atoms with van der Waals surface area (Å²) in [7, 11) is 0. The zero-order chi connectivity index (χ0) is 16.8. The lowest BCUT2D eigenvalue weighted by Gasteiger charge is -2.45. The van der Waals surface area contributed by atoms with Crippen molar-refractivity contribution in [1.29, 1.82) is 0 Å². The molecule has 2 aliphatic rings. The van der Waals surface area contributed by atoms with Crippen molar-refractivity contribution >= 4 is 6.09 Å². The summed E-state index contributed by atoms with van der Waals surface area (Å²) in [5, 5.41) is 6.72. The van der Waals surface area contributed by atoms with E-state index in [1.807, 2.05) is 20.8 Å². The van der Waals surface area contributed by atoms with Crippen LogP contribution in [0.2, 0.25) is 0 Å². The highest BCUT2D eigenvalue weighted by atomic mass is 16.6. The number of rotatable bonds is 3. The predicted molar refractivity (Wildman–Crippen MR) is 89.9 cm³/mol. The zero-order valence-electron chi connectivity index (χ0n) is 15.4. The second kappa shape index (κ2) is 5.70. The zero-order valence-corrected chi connectivity index (χ0v) is 15.4. The van der Waals surface area contributed by atoms with Gasteiger partial charge in [-0.3, -0.25) is 0 Å². The largest absolute Gasteiger partial charge is 0.444 e. The van der Waals surface area contributed by atoms with Gasteiger partial charge in [0.1, 0.15) is 5.60 Å². The van der Waals surface area contributed by atoms with Crippen LogP contribution >= 0.6 is 0 Å². The van der Waals surface area contributed by atoms with Crippen LogP contribution in [-0.4, -0.2) is 29.8 Å². The molecule has 4 nitrogen and oxygen atoms in total. The molecule has 0 aromatic rings. The van der Waals surface area contributed by atoms with Gasteiger partial charge in [0.05, 0.1) is 0 Å². The average Bonchev–Trinajstić information content (AvgIpc) is 2.86. The molecule has 22 heavy (non-hydrogen) atoms. The van der Waals surface area contributed by atoms with Gasteiger partial charge in [-0.1, -0.05) is 27.7 Å². The lowest BCUT2D eigenvalue weighted by atomic mass is 9.63. The standard InChI is InChI=1S/C18H34N2O2/c1-16(2,3)22-15(21)20-14-8-13(14)19-12-9-17(4,5)11-18(6,7)10-12/h12-14,19H,8-11H2,1-7H3,(H,20,21). The number of nitrogens with one attached hydrogen (secondary N) is 2. The average molecular weight is 310 g/mol. The van der Waals surface area contributed by atoms with E-state index in [2.05, 4.69) is 38.3 Å². The van der Waals surface area contributed by atoms with Gasteiger partial charge in [0.25, 0.3) is 0 Å². The normalized spacial score (nSPS) is 30.7. The van der Waals surface area contributed by atoms with E-state index < -0.39 is 5.60 Å². The third kappa shape index (κ3) is 5.45. The van der Waals surface area contributed by atoms with E-state index in [1.54, 1.807) is 0 Å². The Labute approximate surface area is 135 Å². The first-order valence-corrected chi connectivity index (χ1v) is 8.61. The van der Waals surface area contributed by atoms with Gasteiger partial charge in [-0.15, -0.1) is 0 Å². The van der Waals surface area contributed by atoms with Gasteiger partial charge in [0.2, 0.25) is 0 Å². The molecule has 0 aromatic heterocycles. The van der Waals surface area contributed by atoms with E-state index in [-0.39, 0.29) is 12.1 Å². The number of ether oxygens (including phenoxy) is 1. The van der Waals surface area contributed by atoms with Crippen molar-refractivity contribution in [1.82, 2.24) is 10.6 Å². The van der Waals surface area contributed by atoms with Gasteiger partial charge in [0, 0.05) is 18.1 Å². The van der Waals surface area contributed by atoms with Gasteiger partial charge < -0.3 is 15.4 Å². The van der Waals surface area contributed by atoms with Crippen molar-refractivity contribution in [2.45, 2.75) is 97.9 Å². The van der Waals surface area contributed by atoms with Crippen molar-refractivity contribution in [2.24, 2.45) is 10.8 Å². The van der Waals surface area contributed by atoms with Gasteiger partial charge in [-0.25, -0.2) is 4.79 Å². The smallest absolute Gasteiger partial charge is 0.407 e. The Bertz CT molecular complexity index is 407. The minimum atomic E-state index is -0.431. The molecule has 2 atom stereocenters. The Morgan fingerprint density at radius 2 is 1.59 bits per heavy atom. The first kappa shape index (κ1) is 17.6. The van der Waals surface area contributed by atoms with Crippen LogP contribution in [0.15, 0.2) is 0 Å². The maximum absolute atomic E-state index is 11.8. The van der Waals surface area contributed by atoms with E-state index in [4.69, 9.17) is 4.74 Å². The summed E-state index contributed by atoms with van der Waals surface area (Å²) in [6.07, 6.45) is 4.42. The first-order valence-electron chi connectivity index (χ1n) is 8.61. The van der Waals surface area contributed by atoms with E-state index in [1.165, 1.54) is 19.3 Å². The molecule has 0 aliphatic heterocycles. The predicted octanol–water partition coefficient (Wildman–Crippen LogP) is 3.85. The fourth-order valence-electron chi connectivity index (χ4n) is 4.26. The van der Waals surface area contributed by atoms with Gasteiger partial charge in [-0.05, 0) is 57.3 Å². The molecule has 0 radical (unpaired) electrons. The molecule has 0 spiro atoms. The summed E-state index contributed by atoms with van der Waals surface area (Å²) in [6, 6.07) is 1.18. The molecular weight excluding hydrogens is 276 g/mol. The van der Waals surface area contributed by atoms with Crippen molar-refractivity contribution in [3.8, 4) is 0 Å². The van der Waals surface area contributed by atoms with E-state index in [0.29, 0.717) is 22.9 Å². The van der Waals surface area contributed by atoms with E-state index in [9.17, 15) is 4.79 Å². The van der Waals surface area contributed by atoms with Gasteiger partial charge >= 0.3 is 6.09 Å². The van der Waals surface area contributed by atoms with Crippen LogP contribution < -0.4 is 10.6 Å². The Balaban J connectivity index is 1.78. The van der Waals surface area contributed by atoms with Crippen LogP contribution in [0.4, 0.5) is 4.79 Å². The van der Waals surface area contributed by atoms with Crippen LogP contribution in [0.25, 0.3) is 0 Å². The summed E-state index contributed by atoms with van der Waals surface area (Å²) < 4.78 is 5.32. The second-order valence-electron chi connectivity index (χ2n) is 9.87. The second-order valence-corrected chi connectivity index (χ2v) is 9.87. The van der Waals surface area contributed by atoms with Gasteiger partial charge in [0.15, 0.2) is 0 Å². The molecule has 2 aliphatic carbocycles. The number of hydrogen-bond acceptors (Lipinski definition) is 3. The van der Waals surface area contributed by atoms with E-state index in [0.717, 1.165) is 6.42 Å². The topological polar surface area (TPSA) is 50.4 Å². The van der Waals surface area contributed by atoms with Crippen LogP contribution in [0.1, 0.15) is 74.1 Å². The Kier molecular flexibility index (Phi) is 4.55. The molecule has 1 amide bonds. The Morgan fingerprint density at radius 3 is 2.09 bits per heavy atom. The number of carbonyl (C=O) groups excluding carboxylic acids is 1. The molecule has 128 valence electrons. The quantitative estimate of drug-likeness (QED) is 0.832. The maximum Gasteiger partial charge on any atom is 0.407 e. The van der Waals surface area contributed by atoms with Gasteiger partial charge in [-0.2, -0.15) is 0 Å². The number of carbonyl (C=O) groups is 1. The molecule has 2 rings (SSSR count). The van der Waals surface area contributed by atoms with Crippen molar-refractivity contribution in [3.63, 3.8) is 0 Å². The van der Waals surface area contributed by atoms with Crippen LogP contribution in [0.3, 0.4) is 0 Å². The lowest BCUT2D eigenvalue weighted by Crippen LogP contribution is -2.46.